The highest BCUT2D eigenvalue weighted by Crippen LogP contribution is 2.42. The average molecular weight is 424 g/mol. The summed E-state index contributed by atoms with van der Waals surface area (Å²) in [6.45, 7) is 0. The van der Waals surface area contributed by atoms with Crippen LogP contribution in [0.4, 0.5) is 17.1 Å². The normalized spacial score (nSPS) is 11.0. The maximum Gasteiger partial charge on any atom is 0.0541 e. The van der Waals surface area contributed by atoms with E-state index in [-0.39, 0.29) is 0 Å². The van der Waals surface area contributed by atoms with Gasteiger partial charge in [0.15, 0.2) is 0 Å². The number of hydrogen-bond donors (Lipinski definition) is 0. The van der Waals surface area contributed by atoms with Crippen LogP contribution < -0.4 is 4.90 Å². The lowest BCUT2D eigenvalue weighted by molar-refractivity contribution is 1.31. The molecule has 2 heteroatoms. The highest BCUT2D eigenvalue weighted by Gasteiger charge is 2.17. The summed E-state index contributed by atoms with van der Waals surface area (Å²) in [7, 11) is 0. The Kier molecular flexibility index (Phi) is 4.34. The molecule has 0 aliphatic rings. The van der Waals surface area contributed by atoms with Gasteiger partial charge in [0, 0.05) is 20.9 Å². The molecule has 134 valence electrons. The lowest BCUT2D eigenvalue weighted by atomic mass is 10.0. The van der Waals surface area contributed by atoms with Crippen LogP contribution in [0.25, 0.3) is 21.5 Å². The van der Waals surface area contributed by atoms with Gasteiger partial charge in [0.25, 0.3) is 0 Å². The Labute approximate surface area is 173 Å². The number of halogens is 1. The molecule has 0 aliphatic heterocycles. The minimum atomic E-state index is 1.11. The number of para-hydroxylation sites is 1. The van der Waals surface area contributed by atoms with Crippen LogP contribution in [0.5, 0.6) is 0 Å². The zero-order valence-corrected chi connectivity index (χ0v) is 16.8. The molecular formula is C26H18BrN. The fourth-order valence-electron chi connectivity index (χ4n) is 3.83. The van der Waals surface area contributed by atoms with Gasteiger partial charge in [-0.05, 0) is 41.1 Å². The number of hydrogen-bond acceptors (Lipinski definition) is 1. The summed E-state index contributed by atoms with van der Waals surface area (Å²) in [6.07, 6.45) is 0. The van der Waals surface area contributed by atoms with E-state index < -0.39 is 0 Å². The number of nitrogens with zero attached hydrogens (tertiary/aromatic N) is 1. The molecule has 1 nitrogen and oxygen atoms in total. The van der Waals surface area contributed by atoms with Crippen molar-refractivity contribution in [2.24, 2.45) is 0 Å². The van der Waals surface area contributed by atoms with Crippen molar-refractivity contribution in [3.63, 3.8) is 0 Å². The Morgan fingerprint density at radius 2 is 1.07 bits per heavy atom. The smallest absolute Gasteiger partial charge is 0.0541 e. The Balaban J connectivity index is 1.86. The summed E-state index contributed by atoms with van der Waals surface area (Å²) < 4.78 is 1.11. The molecule has 0 unspecified atom stereocenters. The third-order valence-corrected chi connectivity index (χ3v) is 5.80. The Morgan fingerprint density at radius 3 is 1.89 bits per heavy atom. The summed E-state index contributed by atoms with van der Waals surface area (Å²) in [4.78, 5) is 2.36. The molecule has 0 N–H and O–H groups in total. The molecule has 0 spiro atoms. The number of benzene rings is 5. The molecule has 0 saturated heterocycles. The van der Waals surface area contributed by atoms with Gasteiger partial charge in [0.1, 0.15) is 0 Å². The van der Waals surface area contributed by atoms with E-state index in [4.69, 9.17) is 0 Å². The first-order valence-corrected chi connectivity index (χ1v) is 10.1. The van der Waals surface area contributed by atoms with Crippen molar-refractivity contribution in [3.05, 3.63) is 114 Å². The summed E-state index contributed by atoms with van der Waals surface area (Å²) >= 11 is 3.71. The molecule has 0 aliphatic carbocycles. The van der Waals surface area contributed by atoms with E-state index in [0.29, 0.717) is 0 Å². The SMILES string of the molecule is Brc1ccc(N(c2ccccc2)c2cccc3ccccc23)c2ccccc12. The first-order chi connectivity index (χ1) is 13.8. The van der Waals surface area contributed by atoms with Crippen molar-refractivity contribution in [2.45, 2.75) is 0 Å². The van der Waals surface area contributed by atoms with Gasteiger partial charge in [0.2, 0.25) is 0 Å². The van der Waals surface area contributed by atoms with Gasteiger partial charge in [-0.25, -0.2) is 0 Å². The monoisotopic (exact) mass is 423 g/mol. The standard InChI is InChI=1S/C26H18BrN/c27-24-17-18-26(23-15-7-6-14-22(23)24)28(20-11-2-1-3-12-20)25-16-8-10-19-9-4-5-13-21(19)25/h1-18H. The molecule has 0 atom stereocenters. The molecule has 5 aromatic carbocycles. The molecule has 0 heterocycles. The van der Waals surface area contributed by atoms with Crippen LogP contribution in [0.1, 0.15) is 0 Å². The fraction of sp³-hybridized carbons (Fsp3) is 0. The van der Waals surface area contributed by atoms with E-state index in [1.807, 2.05) is 0 Å². The molecule has 5 rings (SSSR count). The first kappa shape index (κ1) is 17.0. The Morgan fingerprint density at radius 1 is 0.464 bits per heavy atom. The van der Waals surface area contributed by atoms with E-state index >= 15 is 0 Å². The third kappa shape index (κ3) is 2.87. The lowest BCUT2D eigenvalue weighted by Crippen LogP contribution is -2.11. The van der Waals surface area contributed by atoms with E-state index in [9.17, 15) is 0 Å². The van der Waals surface area contributed by atoms with Gasteiger partial charge in [-0.3, -0.25) is 0 Å². The molecular weight excluding hydrogens is 406 g/mol. The third-order valence-electron chi connectivity index (χ3n) is 5.11. The van der Waals surface area contributed by atoms with Gasteiger partial charge < -0.3 is 4.90 Å². The Bertz CT molecular complexity index is 1270. The minimum Gasteiger partial charge on any atom is -0.309 e. The van der Waals surface area contributed by atoms with E-state index in [1.165, 1.54) is 32.9 Å². The second-order valence-corrected chi connectivity index (χ2v) is 7.64. The van der Waals surface area contributed by atoms with Crippen LogP contribution in [0.3, 0.4) is 0 Å². The zero-order valence-electron chi connectivity index (χ0n) is 15.2. The predicted molar refractivity (Wildman–Crippen MR) is 124 cm³/mol. The summed E-state index contributed by atoms with van der Waals surface area (Å²) in [6, 6.07) is 38.5. The largest absolute Gasteiger partial charge is 0.309 e. The summed E-state index contributed by atoms with van der Waals surface area (Å²) in [5.74, 6) is 0. The molecule has 0 aromatic heterocycles. The second kappa shape index (κ2) is 7.14. The van der Waals surface area contributed by atoms with Gasteiger partial charge in [-0.15, -0.1) is 0 Å². The van der Waals surface area contributed by atoms with Crippen molar-refractivity contribution >= 4 is 54.5 Å². The molecule has 0 fully saturated rings. The molecule has 5 aromatic rings. The van der Waals surface area contributed by atoms with Crippen LogP contribution in [0, 0.1) is 0 Å². The van der Waals surface area contributed by atoms with E-state index in [2.05, 4.69) is 130 Å². The van der Waals surface area contributed by atoms with Crippen molar-refractivity contribution in [3.8, 4) is 0 Å². The minimum absolute atomic E-state index is 1.11. The average Bonchev–Trinajstić information content (AvgIpc) is 2.77. The molecule has 28 heavy (non-hydrogen) atoms. The molecule has 0 saturated carbocycles. The fourth-order valence-corrected chi connectivity index (χ4v) is 4.31. The van der Waals surface area contributed by atoms with Crippen LogP contribution in [-0.2, 0) is 0 Å². The summed E-state index contributed by atoms with van der Waals surface area (Å²) in [5, 5.41) is 4.90. The van der Waals surface area contributed by atoms with Gasteiger partial charge in [-0.2, -0.15) is 0 Å². The number of rotatable bonds is 3. The van der Waals surface area contributed by atoms with Crippen LogP contribution in [0.2, 0.25) is 0 Å². The number of anilines is 3. The molecule has 0 amide bonds. The quantitative estimate of drug-likeness (QED) is 0.282. The van der Waals surface area contributed by atoms with Crippen molar-refractivity contribution in [1.82, 2.24) is 0 Å². The molecule has 0 bridgehead atoms. The predicted octanol–water partition coefficient (Wildman–Crippen LogP) is 8.23. The highest BCUT2D eigenvalue weighted by atomic mass is 79.9. The Hall–Kier alpha value is -3.10. The van der Waals surface area contributed by atoms with E-state index in [0.717, 1.165) is 10.2 Å². The van der Waals surface area contributed by atoms with Gasteiger partial charge >= 0.3 is 0 Å². The maximum atomic E-state index is 3.71. The maximum absolute atomic E-state index is 3.71. The molecule has 0 radical (unpaired) electrons. The summed E-state index contributed by atoms with van der Waals surface area (Å²) in [5.41, 5.74) is 3.49. The van der Waals surface area contributed by atoms with E-state index in [1.54, 1.807) is 0 Å². The topological polar surface area (TPSA) is 3.24 Å². The van der Waals surface area contributed by atoms with Crippen molar-refractivity contribution < 1.29 is 0 Å². The van der Waals surface area contributed by atoms with Crippen molar-refractivity contribution in [1.29, 1.82) is 0 Å². The zero-order chi connectivity index (χ0) is 18.9. The highest BCUT2D eigenvalue weighted by molar-refractivity contribution is 9.10. The van der Waals surface area contributed by atoms with Crippen molar-refractivity contribution in [2.75, 3.05) is 4.90 Å². The number of fused-ring (bicyclic) bond motifs is 2. The van der Waals surface area contributed by atoms with Crippen LogP contribution >= 0.6 is 15.9 Å². The van der Waals surface area contributed by atoms with Gasteiger partial charge in [-0.1, -0.05) is 94.8 Å². The van der Waals surface area contributed by atoms with Crippen LogP contribution in [-0.4, -0.2) is 0 Å². The first-order valence-electron chi connectivity index (χ1n) is 9.33. The van der Waals surface area contributed by atoms with Crippen LogP contribution in [0.15, 0.2) is 114 Å². The van der Waals surface area contributed by atoms with Gasteiger partial charge in [0.05, 0.1) is 11.4 Å². The second-order valence-electron chi connectivity index (χ2n) is 6.78. The lowest BCUT2D eigenvalue weighted by Gasteiger charge is -2.28.